The van der Waals surface area contributed by atoms with Crippen molar-refractivity contribution in [1.29, 1.82) is 0 Å². The molecule has 0 unspecified atom stereocenters. The molecule has 0 aromatic heterocycles. The summed E-state index contributed by atoms with van der Waals surface area (Å²) < 4.78 is 15.9. The van der Waals surface area contributed by atoms with E-state index in [1.165, 1.54) is 6.08 Å². The average molecular weight is 479 g/mol. The Morgan fingerprint density at radius 3 is 1.40 bits per heavy atom. The summed E-state index contributed by atoms with van der Waals surface area (Å²) in [5, 5.41) is 5.39. The van der Waals surface area contributed by atoms with Crippen LogP contribution in [-0.4, -0.2) is 29.4 Å². The number of amides is 2. The van der Waals surface area contributed by atoms with Gasteiger partial charge in [-0.25, -0.2) is 14.4 Å². The minimum atomic E-state index is -0.606. The first-order valence-electron chi connectivity index (χ1n) is 11.1. The van der Waals surface area contributed by atoms with Crippen molar-refractivity contribution < 1.29 is 28.6 Å². The number of hydrogen-bond donors (Lipinski definition) is 2. The van der Waals surface area contributed by atoms with E-state index in [2.05, 4.69) is 10.6 Å². The zero-order valence-electron chi connectivity index (χ0n) is 20.7. The molecule has 35 heavy (non-hydrogen) atoms. The summed E-state index contributed by atoms with van der Waals surface area (Å²) in [6.45, 7) is 10.7. The Morgan fingerprint density at radius 2 is 1.09 bits per heavy atom. The Bertz CT molecular complexity index is 1090. The third-order valence-corrected chi connectivity index (χ3v) is 4.47. The lowest BCUT2D eigenvalue weighted by atomic mass is 9.96. The maximum atomic E-state index is 12.1. The summed E-state index contributed by atoms with van der Waals surface area (Å²) in [6, 6.07) is 14.2. The number of allylic oxidation sites excluding steroid dienone is 1. The Kier molecular flexibility index (Phi) is 7.34. The molecular formula is C27H30N2O6. The summed E-state index contributed by atoms with van der Waals surface area (Å²) in [7, 11) is 0. The Balaban J connectivity index is 1.84. The molecule has 184 valence electrons. The molecule has 1 heterocycles. The Morgan fingerprint density at radius 1 is 0.686 bits per heavy atom. The summed E-state index contributed by atoms with van der Waals surface area (Å²) in [6.07, 6.45) is 1.86. The van der Waals surface area contributed by atoms with Crippen molar-refractivity contribution in [3.8, 4) is 0 Å². The van der Waals surface area contributed by atoms with E-state index >= 15 is 0 Å². The standard InChI is InChI=1S/C27H30N2O6/c1-26(2,3)34-24(31)28-19-11-7-17(8-12-19)23(21-15-16-22(30)33-21)18-9-13-20(14-10-18)29-25(32)35-27(4,5)6/h7-16H,1-6H3,(H,28,31)(H,29,32). The highest BCUT2D eigenvalue weighted by atomic mass is 16.6. The van der Waals surface area contributed by atoms with Crippen LogP contribution in [0.4, 0.5) is 21.0 Å². The minimum absolute atomic E-state index is 0.399. The van der Waals surface area contributed by atoms with E-state index in [0.29, 0.717) is 22.7 Å². The maximum absolute atomic E-state index is 12.1. The molecular weight excluding hydrogens is 448 g/mol. The number of cyclic esters (lactones) is 1. The first-order chi connectivity index (χ1) is 16.3. The van der Waals surface area contributed by atoms with Crippen LogP contribution in [0.5, 0.6) is 0 Å². The first kappa shape index (κ1) is 25.6. The summed E-state index contributed by atoms with van der Waals surface area (Å²) in [5.41, 5.74) is 2.12. The second-order valence-electron chi connectivity index (χ2n) is 9.90. The fourth-order valence-electron chi connectivity index (χ4n) is 3.19. The highest BCUT2D eigenvalue weighted by molar-refractivity contribution is 5.93. The molecule has 2 N–H and O–H groups in total. The molecule has 0 spiro atoms. The smallest absolute Gasteiger partial charge is 0.412 e. The molecule has 1 aliphatic rings. The number of anilines is 2. The fourth-order valence-corrected chi connectivity index (χ4v) is 3.19. The lowest BCUT2D eigenvalue weighted by Gasteiger charge is -2.20. The molecule has 0 atom stereocenters. The summed E-state index contributed by atoms with van der Waals surface area (Å²) in [4.78, 5) is 35.8. The molecule has 8 nitrogen and oxygen atoms in total. The number of ether oxygens (including phenoxy) is 3. The van der Waals surface area contributed by atoms with E-state index in [1.807, 2.05) is 24.3 Å². The van der Waals surface area contributed by atoms with Crippen molar-refractivity contribution >= 4 is 35.1 Å². The van der Waals surface area contributed by atoms with Gasteiger partial charge in [0, 0.05) is 23.0 Å². The Labute approximate surface area is 205 Å². The molecule has 2 aromatic carbocycles. The third kappa shape index (κ3) is 7.74. The van der Waals surface area contributed by atoms with Gasteiger partial charge in [-0.2, -0.15) is 0 Å². The van der Waals surface area contributed by atoms with Crippen LogP contribution in [0.15, 0.2) is 66.4 Å². The van der Waals surface area contributed by atoms with Gasteiger partial charge >= 0.3 is 18.2 Å². The van der Waals surface area contributed by atoms with Crippen molar-refractivity contribution in [2.24, 2.45) is 0 Å². The topological polar surface area (TPSA) is 103 Å². The monoisotopic (exact) mass is 478 g/mol. The van der Waals surface area contributed by atoms with Crippen LogP contribution in [0.2, 0.25) is 0 Å². The van der Waals surface area contributed by atoms with Gasteiger partial charge in [-0.3, -0.25) is 10.6 Å². The summed E-state index contributed by atoms with van der Waals surface area (Å²) in [5.74, 6) is -0.0559. The largest absolute Gasteiger partial charge is 0.444 e. The molecule has 2 aromatic rings. The zero-order chi connectivity index (χ0) is 25.8. The van der Waals surface area contributed by atoms with E-state index in [1.54, 1.807) is 71.9 Å². The van der Waals surface area contributed by atoms with E-state index in [9.17, 15) is 14.4 Å². The van der Waals surface area contributed by atoms with Crippen molar-refractivity contribution in [1.82, 2.24) is 0 Å². The maximum Gasteiger partial charge on any atom is 0.412 e. The number of rotatable bonds is 4. The van der Waals surface area contributed by atoms with Crippen LogP contribution >= 0.6 is 0 Å². The molecule has 0 saturated carbocycles. The molecule has 0 bridgehead atoms. The van der Waals surface area contributed by atoms with E-state index < -0.39 is 29.4 Å². The molecule has 2 amide bonds. The molecule has 8 heteroatoms. The van der Waals surface area contributed by atoms with Crippen LogP contribution < -0.4 is 10.6 Å². The molecule has 1 aliphatic heterocycles. The van der Waals surface area contributed by atoms with Crippen LogP contribution in [0, 0.1) is 0 Å². The van der Waals surface area contributed by atoms with Crippen LogP contribution in [0.1, 0.15) is 52.7 Å². The van der Waals surface area contributed by atoms with Crippen molar-refractivity contribution in [2.75, 3.05) is 10.6 Å². The quantitative estimate of drug-likeness (QED) is 0.398. The van der Waals surface area contributed by atoms with Crippen LogP contribution in [0.3, 0.4) is 0 Å². The summed E-state index contributed by atoms with van der Waals surface area (Å²) >= 11 is 0. The van der Waals surface area contributed by atoms with E-state index in [-0.39, 0.29) is 0 Å². The number of benzene rings is 2. The molecule has 0 aliphatic carbocycles. The van der Waals surface area contributed by atoms with E-state index in [0.717, 1.165) is 11.1 Å². The lowest BCUT2D eigenvalue weighted by molar-refractivity contribution is -0.132. The lowest BCUT2D eigenvalue weighted by Crippen LogP contribution is -2.27. The van der Waals surface area contributed by atoms with Gasteiger partial charge in [0.25, 0.3) is 0 Å². The van der Waals surface area contributed by atoms with Gasteiger partial charge in [-0.05, 0) is 83.0 Å². The van der Waals surface area contributed by atoms with Gasteiger partial charge in [0.2, 0.25) is 0 Å². The number of hydrogen-bond acceptors (Lipinski definition) is 6. The highest BCUT2D eigenvalue weighted by Crippen LogP contribution is 2.32. The van der Waals surface area contributed by atoms with Gasteiger partial charge in [-0.1, -0.05) is 24.3 Å². The third-order valence-electron chi connectivity index (χ3n) is 4.47. The average Bonchev–Trinajstić information content (AvgIpc) is 3.13. The molecule has 3 rings (SSSR count). The van der Waals surface area contributed by atoms with Gasteiger partial charge in [0.1, 0.15) is 17.0 Å². The van der Waals surface area contributed by atoms with Crippen molar-refractivity contribution in [3.63, 3.8) is 0 Å². The SMILES string of the molecule is CC(C)(C)OC(=O)Nc1ccc(C(=C2C=CC(=O)O2)c2ccc(NC(=O)OC(C)(C)C)cc2)cc1. The number of esters is 1. The van der Waals surface area contributed by atoms with Crippen LogP contribution in [0.25, 0.3) is 5.57 Å². The number of nitrogens with one attached hydrogen (secondary N) is 2. The predicted molar refractivity (Wildman–Crippen MR) is 134 cm³/mol. The number of carbonyl (C=O) groups excluding carboxylic acids is 3. The van der Waals surface area contributed by atoms with Gasteiger partial charge < -0.3 is 14.2 Å². The molecule has 0 saturated heterocycles. The van der Waals surface area contributed by atoms with Gasteiger partial charge in [0.05, 0.1) is 0 Å². The number of carbonyl (C=O) groups is 3. The van der Waals surface area contributed by atoms with Gasteiger partial charge in [0.15, 0.2) is 0 Å². The minimum Gasteiger partial charge on any atom is -0.444 e. The second-order valence-corrected chi connectivity index (χ2v) is 9.90. The predicted octanol–water partition coefficient (Wildman–Crippen LogP) is 6.25. The van der Waals surface area contributed by atoms with Crippen molar-refractivity contribution in [3.05, 3.63) is 77.6 Å². The van der Waals surface area contributed by atoms with E-state index in [4.69, 9.17) is 14.2 Å². The second kappa shape index (κ2) is 10.0. The molecule has 0 fully saturated rings. The highest BCUT2D eigenvalue weighted by Gasteiger charge is 2.20. The zero-order valence-corrected chi connectivity index (χ0v) is 20.7. The van der Waals surface area contributed by atoms with Crippen LogP contribution in [-0.2, 0) is 19.0 Å². The Hall–Kier alpha value is -4.07. The first-order valence-corrected chi connectivity index (χ1v) is 11.1. The fraction of sp³-hybridized carbons (Fsp3) is 0.296. The van der Waals surface area contributed by atoms with Crippen molar-refractivity contribution in [2.45, 2.75) is 52.7 Å². The normalized spacial score (nSPS) is 13.2. The molecule has 0 radical (unpaired) electrons. The van der Waals surface area contributed by atoms with Gasteiger partial charge in [-0.15, -0.1) is 0 Å².